The fourth-order valence-corrected chi connectivity index (χ4v) is 3.44. The highest BCUT2D eigenvalue weighted by Gasteiger charge is 2.55. The smallest absolute Gasteiger partial charge is 0.266 e. The van der Waals surface area contributed by atoms with Crippen LogP contribution in [0.2, 0.25) is 0 Å². The molecule has 1 aromatic carbocycles. The summed E-state index contributed by atoms with van der Waals surface area (Å²) in [6.07, 6.45) is -0.555. The van der Waals surface area contributed by atoms with Crippen LogP contribution in [0.3, 0.4) is 0 Å². The summed E-state index contributed by atoms with van der Waals surface area (Å²) in [5.41, 5.74) is -1.07. The normalized spacial score (nSPS) is 26.4. The molecule has 1 aromatic rings. The Labute approximate surface area is 131 Å². The molecule has 23 heavy (non-hydrogen) atoms. The minimum Gasteiger partial charge on any atom is -0.356 e. The van der Waals surface area contributed by atoms with Gasteiger partial charge in [0.25, 0.3) is 5.92 Å². The number of benzene rings is 1. The molecule has 4 nitrogen and oxygen atoms in total. The number of piperidine rings is 1. The van der Waals surface area contributed by atoms with Crippen LogP contribution in [0, 0.1) is 11.2 Å². The van der Waals surface area contributed by atoms with Crippen LogP contribution in [-0.2, 0) is 16.0 Å². The van der Waals surface area contributed by atoms with Crippen molar-refractivity contribution in [2.24, 2.45) is 5.41 Å². The van der Waals surface area contributed by atoms with Crippen LogP contribution < -0.4 is 5.32 Å². The van der Waals surface area contributed by atoms with Gasteiger partial charge in [-0.25, -0.2) is 13.2 Å². The summed E-state index contributed by atoms with van der Waals surface area (Å²) in [7, 11) is 0. The maximum Gasteiger partial charge on any atom is 0.266 e. The molecule has 0 aliphatic carbocycles. The number of rotatable bonds is 2. The number of carbonyl (C=O) groups excluding carboxylic acids is 2. The molecular weight excluding hydrogens is 309 g/mol. The Hall–Kier alpha value is -2.05. The van der Waals surface area contributed by atoms with Crippen molar-refractivity contribution in [2.75, 3.05) is 19.6 Å². The first-order chi connectivity index (χ1) is 10.8. The van der Waals surface area contributed by atoms with E-state index in [2.05, 4.69) is 5.32 Å². The van der Waals surface area contributed by atoms with E-state index in [1.54, 1.807) is 6.07 Å². The molecule has 7 heteroatoms. The first-order valence-electron chi connectivity index (χ1n) is 7.49. The summed E-state index contributed by atoms with van der Waals surface area (Å²) >= 11 is 0. The van der Waals surface area contributed by atoms with Crippen molar-refractivity contribution >= 4 is 11.8 Å². The van der Waals surface area contributed by atoms with Gasteiger partial charge in [0.1, 0.15) is 5.82 Å². The summed E-state index contributed by atoms with van der Waals surface area (Å²) < 4.78 is 41.8. The zero-order valence-corrected chi connectivity index (χ0v) is 12.4. The zero-order chi connectivity index (χ0) is 16.7. The molecule has 0 aromatic heterocycles. The molecular formula is C16H17F3N2O2. The summed E-state index contributed by atoms with van der Waals surface area (Å²) in [5, 5.41) is 2.57. The van der Waals surface area contributed by atoms with Crippen LogP contribution >= 0.6 is 0 Å². The SMILES string of the molecule is O=C(Cc1ccccc1F)N1CC(F)(F)CC2(CCNC2=O)C1. The van der Waals surface area contributed by atoms with E-state index in [0.29, 0.717) is 6.54 Å². The van der Waals surface area contributed by atoms with E-state index in [1.165, 1.54) is 18.2 Å². The van der Waals surface area contributed by atoms with Crippen LogP contribution in [-0.4, -0.2) is 42.3 Å². The van der Waals surface area contributed by atoms with Crippen molar-refractivity contribution in [1.29, 1.82) is 0 Å². The van der Waals surface area contributed by atoms with Gasteiger partial charge in [0.15, 0.2) is 0 Å². The van der Waals surface area contributed by atoms with Gasteiger partial charge in [0.2, 0.25) is 11.8 Å². The van der Waals surface area contributed by atoms with E-state index in [9.17, 15) is 22.8 Å². The number of halogens is 3. The molecule has 1 spiro atoms. The van der Waals surface area contributed by atoms with E-state index in [1.807, 2.05) is 0 Å². The van der Waals surface area contributed by atoms with Gasteiger partial charge in [-0.3, -0.25) is 9.59 Å². The quantitative estimate of drug-likeness (QED) is 0.900. The summed E-state index contributed by atoms with van der Waals surface area (Å²) in [6, 6.07) is 5.76. The molecule has 1 unspecified atom stereocenters. The first-order valence-corrected chi connectivity index (χ1v) is 7.49. The predicted molar refractivity (Wildman–Crippen MR) is 76.3 cm³/mol. The highest BCUT2D eigenvalue weighted by molar-refractivity contribution is 5.87. The van der Waals surface area contributed by atoms with Crippen molar-refractivity contribution in [2.45, 2.75) is 25.2 Å². The van der Waals surface area contributed by atoms with Crippen LogP contribution in [0.25, 0.3) is 0 Å². The topological polar surface area (TPSA) is 49.4 Å². The maximum atomic E-state index is 14.1. The average Bonchev–Trinajstić information content (AvgIpc) is 2.79. The molecule has 2 fully saturated rings. The third-order valence-corrected chi connectivity index (χ3v) is 4.54. The highest BCUT2D eigenvalue weighted by atomic mass is 19.3. The molecule has 0 radical (unpaired) electrons. The Bertz CT molecular complexity index is 650. The fourth-order valence-electron chi connectivity index (χ4n) is 3.44. The molecule has 0 saturated carbocycles. The number of likely N-dealkylation sites (tertiary alicyclic amines) is 1. The second-order valence-corrected chi connectivity index (χ2v) is 6.34. The van der Waals surface area contributed by atoms with Crippen LogP contribution in [0.5, 0.6) is 0 Å². The largest absolute Gasteiger partial charge is 0.356 e. The number of nitrogens with one attached hydrogen (secondary N) is 1. The minimum atomic E-state index is -3.12. The third-order valence-electron chi connectivity index (χ3n) is 4.54. The monoisotopic (exact) mass is 326 g/mol. The van der Waals surface area contributed by atoms with Crippen molar-refractivity contribution in [1.82, 2.24) is 10.2 Å². The van der Waals surface area contributed by atoms with Gasteiger partial charge >= 0.3 is 0 Å². The number of hydrogen-bond donors (Lipinski definition) is 1. The van der Waals surface area contributed by atoms with Gasteiger partial charge in [-0.05, 0) is 18.1 Å². The lowest BCUT2D eigenvalue weighted by atomic mass is 9.77. The molecule has 1 atom stereocenters. The van der Waals surface area contributed by atoms with Gasteiger partial charge in [0, 0.05) is 19.5 Å². The third kappa shape index (κ3) is 3.04. The van der Waals surface area contributed by atoms with Crippen LogP contribution in [0.1, 0.15) is 18.4 Å². The average molecular weight is 326 g/mol. The highest BCUT2D eigenvalue weighted by Crippen LogP contribution is 2.43. The van der Waals surface area contributed by atoms with Crippen LogP contribution in [0.4, 0.5) is 13.2 Å². The Morgan fingerprint density at radius 3 is 2.65 bits per heavy atom. The lowest BCUT2D eigenvalue weighted by molar-refractivity contribution is -0.159. The summed E-state index contributed by atoms with van der Waals surface area (Å²) in [5.74, 6) is -4.68. The van der Waals surface area contributed by atoms with E-state index in [0.717, 1.165) is 4.90 Å². The molecule has 1 N–H and O–H groups in total. The first kappa shape index (κ1) is 15.8. The van der Waals surface area contributed by atoms with Crippen molar-refractivity contribution in [3.63, 3.8) is 0 Å². The Balaban J connectivity index is 1.80. The molecule has 3 rings (SSSR count). The van der Waals surface area contributed by atoms with Gasteiger partial charge in [0.05, 0.1) is 18.4 Å². The molecule has 2 saturated heterocycles. The van der Waals surface area contributed by atoms with E-state index < -0.39 is 41.9 Å². The molecule has 0 bridgehead atoms. The van der Waals surface area contributed by atoms with Gasteiger partial charge in [-0.1, -0.05) is 18.2 Å². The van der Waals surface area contributed by atoms with Crippen molar-refractivity contribution < 1.29 is 22.8 Å². The molecule has 2 heterocycles. The minimum absolute atomic E-state index is 0.0400. The van der Waals surface area contributed by atoms with Gasteiger partial charge < -0.3 is 10.2 Å². The molecule has 2 aliphatic rings. The lowest BCUT2D eigenvalue weighted by Crippen LogP contribution is -2.57. The second-order valence-electron chi connectivity index (χ2n) is 6.34. The van der Waals surface area contributed by atoms with E-state index >= 15 is 0 Å². The summed E-state index contributed by atoms with van der Waals surface area (Å²) in [4.78, 5) is 25.3. The number of hydrogen-bond acceptors (Lipinski definition) is 2. The second kappa shape index (κ2) is 5.54. The van der Waals surface area contributed by atoms with Crippen molar-refractivity contribution in [3.05, 3.63) is 35.6 Å². The van der Waals surface area contributed by atoms with E-state index in [4.69, 9.17) is 0 Å². The number of nitrogens with zero attached hydrogens (tertiary/aromatic N) is 1. The van der Waals surface area contributed by atoms with Crippen molar-refractivity contribution in [3.8, 4) is 0 Å². The van der Waals surface area contributed by atoms with Gasteiger partial charge in [-0.15, -0.1) is 0 Å². The Kier molecular flexibility index (Phi) is 3.82. The number of alkyl halides is 2. The Morgan fingerprint density at radius 1 is 1.26 bits per heavy atom. The molecule has 124 valence electrons. The fraction of sp³-hybridized carbons (Fsp3) is 0.500. The number of carbonyl (C=O) groups is 2. The van der Waals surface area contributed by atoms with Gasteiger partial charge in [-0.2, -0.15) is 0 Å². The summed E-state index contributed by atoms with van der Waals surface area (Å²) in [6.45, 7) is -0.429. The molecule has 2 aliphatic heterocycles. The van der Waals surface area contributed by atoms with E-state index in [-0.39, 0.29) is 24.9 Å². The number of amides is 2. The maximum absolute atomic E-state index is 14.1. The predicted octanol–water partition coefficient (Wildman–Crippen LogP) is 1.74. The molecule has 2 amide bonds. The lowest BCUT2D eigenvalue weighted by Gasteiger charge is -2.42. The Morgan fingerprint density at radius 2 is 2.00 bits per heavy atom. The van der Waals surface area contributed by atoms with Crippen LogP contribution in [0.15, 0.2) is 24.3 Å². The standard InChI is InChI=1S/C16H17F3N2O2/c17-12-4-2-1-3-11(12)7-13(22)21-9-15(5-6-20-14(15)23)8-16(18,19)10-21/h1-4H,5-10H2,(H,20,23). The zero-order valence-electron chi connectivity index (χ0n) is 12.4.